The summed E-state index contributed by atoms with van der Waals surface area (Å²) >= 11 is 0. The Morgan fingerprint density at radius 3 is 2.55 bits per heavy atom. The molecule has 0 spiro atoms. The van der Waals surface area contributed by atoms with Crippen molar-refractivity contribution in [2.24, 2.45) is 5.92 Å². The van der Waals surface area contributed by atoms with Gasteiger partial charge in [-0.1, -0.05) is 48.5 Å². The zero-order chi connectivity index (χ0) is 21.4. The van der Waals surface area contributed by atoms with Crippen LogP contribution in [0.1, 0.15) is 17.5 Å². The van der Waals surface area contributed by atoms with E-state index in [1.807, 2.05) is 24.3 Å². The second-order valence-corrected chi connectivity index (χ2v) is 8.22. The zero-order valence-corrected chi connectivity index (χ0v) is 17.1. The lowest BCUT2D eigenvalue weighted by atomic mass is 10.0. The number of anilines is 1. The fourth-order valence-electron chi connectivity index (χ4n) is 4.27. The third kappa shape index (κ3) is 3.92. The second-order valence-electron chi connectivity index (χ2n) is 8.22. The molecule has 0 unspecified atom stereocenters. The summed E-state index contributed by atoms with van der Waals surface area (Å²) in [6, 6.07) is 22.3. The average molecular weight is 414 g/mol. The quantitative estimate of drug-likeness (QED) is 0.467. The van der Waals surface area contributed by atoms with E-state index < -0.39 is 12.2 Å². The smallest absolute Gasteiger partial charge is 0.157 e. The number of hydrogen-bond acceptors (Lipinski definition) is 5. The topological polar surface area (TPSA) is 82.7 Å². The highest BCUT2D eigenvalue weighted by molar-refractivity contribution is 5.66. The van der Waals surface area contributed by atoms with Crippen molar-refractivity contribution in [3.63, 3.8) is 0 Å². The number of aromatic nitrogens is 3. The molecule has 3 N–H and O–H groups in total. The first-order valence-corrected chi connectivity index (χ1v) is 10.5. The third-order valence-corrected chi connectivity index (χ3v) is 5.97. The summed E-state index contributed by atoms with van der Waals surface area (Å²) in [5.41, 5.74) is 5.06. The Balaban J connectivity index is 1.43. The molecule has 4 atom stereocenters. The van der Waals surface area contributed by atoms with Crippen LogP contribution < -0.4 is 5.32 Å². The van der Waals surface area contributed by atoms with Gasteiger partial charge < -0.3 is 15.5 Å². The molecule has 1 aliphatic carbocycles. The van der Waals surface area contributed by atoms with Crippen LogP contribution in [0, 0.1) is 12.8 Å². The van der Waals surface area contributed by atoms with E-state index in [9.17, 15) is 10.2 Å². The number of fused-ring (bicyclic) bond motifs is 1. The van der Waals surface area contributed by atoms with Crippen LogP contribution >= 0.6 is 0 Å². The van der Waals surface area contributed by atoms with Crippen LogP contribution in [0.25, 0.3) is 16.9 Å². The van der Waals surface area contributed by atoms with Gasteiger partial charge in [0.1, 0.15) is 11.9 Å². The predicted molar refractivity (Wildman–Crippen MR) is 121 cm³/mol. The Labute approximate surface area is 181 Å². The van der Waals surface area contributed by atoms with Gasteiger partial charge in [-0.2, -0.15) is 9.61 Å². The minimum absolute atomic E-state index is 0.203. The van der Waals surface area contributed by atoms with E-state index in [-0.39, 0.29) is 12.0 Å². The van der Waals surface area contributed by atoms with Gasteiger partial charge in [0.15, 0.2) is 5.65 Å². The molecule has 4 aromatic rings. The van der Waals surface area contributed by atoms with Crippen LogP contribution in [0.15, 0.2) is 72.9 Å². The van der Waals surface area contributed by atoms with Crippen molar-refractivity contribution in [1.29, 1.82) is 0 Å². The van der Waals surface area contributed by atoms with Crippen molar-refractivity contribution in [3.05, 3.63) is 91.0 Å². The predicted octanol–water partition coefficient (Wildman–Crippen LogP) is 3.34. The Morgan fingerprint density at radius 1 is 0.968 bits per heavy atom. The van der Waals surface area contributed by atoms with Crippen LogP contribution in [0.4, 0.5) is 5.82 Å². The van der Waals surface area contributed by atoms with Crippen LogP contribution in [-0.4, -0.2) is 43.1 Å². The third-order valence-electron chi connectivity index (χ3n) is 5.97. The molecule has 0 saturated heterocycles. The fraction of sp³-hybridized carbons (Fsp3) is 0.240. The molecule has 0 amide bonds. The molecule has 2 aromatic carbocycles. The summed E-state index contributed by atoms with van der Waals surface area (Å²) in [6.45, 7) is 3.92. The number of hydrogen-bond donors (Lipinski definition) is 3. The molecule has 157 valence electrons. The molecule has 6 nitrogen and oxygen atoms in total. The van der Waals surface area contributed by atoms with E-state index in [4.69, 9.17) is 5.10 Å². The molecule has 2 heterocycles. The lowest BCUT2D eigenvalue weighted by Gasteiger charge is -2.19. The molecule has 1 fully saturated rings. The Kier molecular flexibility index (Phi) is 5.18. The van der Waals surface area contributed by atoms with Crippen molar-refractivity contribution < 1.29 is 10.2 Å². The van der Waals surface area contributed by atoms with Crippen LogP contribution in [0.5, 0.6) is 0 Å². The van der Waals surface area contributed by atoms with Gasteiger partial charge in [-0.05, 0) is 48.9 Å². The van der Waals surface area contributed by atoms with Gasteiger partial charge in [-0.25, -0.2) is 4.98 Å². The molecule has 2 aromatic heterocycles. The van der Waals surface area contributed by atoms with E-state index in [0.717, 1.165) is 23.5 Å². The summed E-state index contributed by atoms with van der Waals surface area (Å²) in [5, 5.41) is 28.4. The van der Waals surface area contributed by atoms with Crippen molar-refractivity contribution >= 4 is 11.5 Å². The first kappa shape index (κ1) is 19.7. The van der Waals surface area contributed by atoms with Gasteiger partial charge in [0.05, 0.1) is 17.8 Å². The van der Waals surface area contributed by atoms with Gasteiger partial charge in [-0.15, -0.1) is 0 Å². The van der Waals surface area contributed by atoms with Crippen molar-refractivity contribution in [1.82, 2.24) is 14.6 Å². The lowest BCUT2D eigenvalue weighted by molar-refractivity contribution is 0.0256. The number of rotatable bonds is 5. The van der Waals surface area contributed by atoms with E-state index in [0.29, 0.717) is 12.1 Å². The molecule has 1 radical (unpaired) electrons. The summed E-state index contributed by atoms with van der Waals surface area (Å²) in [5.74, 6) is 0.521. The Bertz CT molecular complexity index is 1190. The van der Waals surface area contributed by atoms with Gasteiger partial charge in [0, 0.05) is 17.8 Å². The normalized spacial score (nSPS) is 23.3. The van der Waals surface area contributed by atoms with Crippen molar-refractivity contribution in [2.75, 3.05) is 5.32 Å². The van der Waals surface area contributed by atoms with Gasteiger partial charge in [0.2, 0.25) is 0 Å². The van der Waals surface area contributed by atoms with E-state index in [1.54, 1.807) is 10.7 Å². The maximum absolute atomic E-state index is 10.3. The number of benzene rings is 2. The molecule has 5 rings (SSSR count). The number of aliphatic hydroxyl groups excluding tert-OH is 2. The summed E-state index contributed by atoms with van der Waals surface area (Å²) < 4.78 is 1.74. The maximum Gasteiger partial charge on any atom is 0.157 e. The average Bonchev–Trinajstić information content (AvgIpc) is 3.33. The summed E-state index contributed by atoms with van der Waals surface area (Å²) in [6.07, 6.45) is 1.48. The molecule has 0 aliphatic heterocycles. The minimum atomic E-state index is -0.865. The van der Waals surface area contributed by atoms with Gasteiger partial charge in [0.25, 0.3) is 0 Å². The van der Waals surface area contributed by atoms with E-state index in [1.165, 1.54) is 11.1 Å². The second kappa shape index (κ2) is 8.13. The van der Waals surface area contributed by atoms with Gasteiger partial charge in [-0.3, -0.25) is 0 Å². The van der Waals surface area contributed by atoms with E-state index >= 15 is 0 Å². The summed E-state index contributed by atoms with van der Waals surface area (Å²) in [4.78, 5) is 4.44. The number of aliphatic hydroxyl groups is 2. The molecule has 6 heteroatoms. The number of nitrogens with one attached hydrogen (secondary N) is 1. The first-order chi connectivity index (χ1) is 15.1. The molecular weight excluding hydrogens is 388 g/mol. The molecule has 1 saturated carbocycles. The lowest BCUT2D eigenvalue weighted by Crippen LogP contribution is -2.35. The van der Waals surface area contributed by atoms with E-state index in [2.05, 4.69) is 59.7 Å². The molecule has 1 aliphatic rings. The van der Waals surface area contributed by atoms with Crippen LogP contribution in [0.3, 0.4) is 0 Å². The monoisotopic (exact) mass is 413 g/mol. The van der Waals surface area contributed by atoms with Crippen LogP contribution in [0.2, 0.25) is 0 Å². The first-order valence-electron chi connectivity index (χ1n) is 10.5. The highest BCUT2D eigenvalue weighted by Crippen LogP contribution is 2.29. The highest BCUT2D eigenvalue weighted by atomic mass is 16.3. The standard InChI is InChI=1S/C25H25N4O2/c1-16-12-21(25(31)24(16)30)27-22-10-11-26-23-15-20(28-29(22)23)19-9-5-8-18(14-19)13-17-6-3-2-4-7-17/h2-11,14-16,21,24-25,27,30-31H,1,12-13H2/t16-,21-,24-,25+/m1/s1. The zero-order valence-electron chi connectivity index (χ0n) is 17.1. The summed E-state index contributed by atoms with van der Waals surface area (Å²) in [7, 11) is 0. The van der Waals surface area contributed by atoms with Crippen molar-refractivity contribution in [3.8, 4) is 11.3 Å². The Morgan fingerprint density at radius 2 is 1.77 bits per heavy atom. The maximum atomic E-state index is 10.3. The molecule has 0 bridgehead atoms. The molecular formula is C25H25N4O2. The Hall–Kier alpha value is -3.22. The highest BCUT2D eigenvalue weighted by Gasteiger charge is 2.39. The van der Waals surface area contributed by atoms with Gasteiger partial charge >= 0.3 is 0 Å². The fourth-order valence-corrected chi connectivity index (χ4v) is 4.27. The minimum Gasteiger partial charge on any atom is -0.390 e. The number of nitrogens with zero attached hydrogens (tertiary/aromatic N) is 3. The largest absolute Gasteiger partial charge is 0.390 e. The SMILES string of the molecule is [CH2][C@@H]1C[C@@H](Nc2ccnc3cc(-c4cccc(Cc5ccccc5)c4)nn23)[C@H](O)[C@@H]1O. The van der Waals surface area contributed by atoms with Crippen molar-refractivity contribution in [2.45, 2.75) is 31.1 Å². The van der Waals surface area contributed by atoms with Crippen LogP contribution in [-0.2, 0) is 6.42 Å². The molecule has 31 heavy (non-hydrogen) atoms.